The number of nitrogens with one attached hydrogen (secondary N) is 1. The Kier molecular flexibility index (Phi) is 3.32. The summed E-state index contributed by atoms with van der Waals surface area (Å²) in [7, 11) is 0. The standard InChI is InChI=1S/C8H10N2O2S/c1-5(3-9)10-8(12)6-2-7(11)13-4-6/h5-6H,2,4H2,1H3,(H,10,12)/t5-,6?/m0/s1. The Hall–Kier alpha value is -1.02. The Morgan fingerprint density at radius 3 is 3.00 bits per heavy atom. The molecule has 1 heterocycles. The zero-order valence-electron chi connectivity index (χ0n) is 7.24. The van der Waals surface area contributed by atoms with Gasteiger partial charge in [0, 0.05) is 12.2 Å². The van der Waals surface area contributed by atoms with E-state index in [0.717, 1.165) is 0 Å². The van der Waals surface area contributed by atoms with Crippen LogP contribution in [0.4, 0.5) is 0 Å². The fourth-order valence-corrected chi connectivity index (χ4v) is 2.02. The van der Waals surface area contributed by atoms with Crippen molar-refractivity contribution >= 4 is 22.8 Å². The summed E-state index contributed by atoms with van der Waals surface area (Å²) in [5.41, 5.74) is 0. The lowest BCUT2D eigenvalue weighted by Gasteiger charge is -2.09. The Bertz CT molecular complexity index is 272. The maximum atomic E-state index is 11.3. The normalized spacial score (nSPS) is 23.7. The third-order valence-electron chi connectivity index (χ3n) is 1.78. The first-order valence-corrected chi connectivity index (χ1v) is 4.97. The summed E-state index contributed by atoms with van der Waals surface area (Å²) in [5.74, 6) is 0.115. The van der Waals surface area contributed by atoms with E-state index in [9.17, 15) is 9.59 Å². The average Bonchev–Trinajstić information content (AvgIpc) is 2.51. The molecule has 2 atom stereocenters. The van der Waals surface area contributed by atoms with Crippen LogP contribution in [-0.2, 0) is 9.59 Å². The minimum atomic E-state index is -0.479. The summed E-state index contributed by atoms with van der Waals surface area (Å²) in [5, 5.41) is 11.0. The lowest BCUT2D eigenvalue weighted by Crippen LogP contribution is -2.36. The van der Waals surface area contributed by atoms with Crippen molar-refractivity contribution < 1.29 is 9.59 Å². The molecule has 1 aliphatic rings. The molecule has 0 aromatic rings. The van der Waals surface area contributed by atoms with Gasteiger partial charge in [-0.25, -0.2) is 0 Å². The van der Waals surface area contributed by atoms with Gasteiger partial charge in [-0.05, 0) is 6.92 Å². The van der Waals surface area contributed by atoms with Crippen LogP contribution in [0.3, 0.4) is 0 Å². The highest BCUT2D eigenvalue weighted by atomic mass is 32.2. The van der Waals surface area contributed by atoms with Crippen LogP contribution in [0.2, 0.25) is 0 Å². The number of rotatable bonds is 2. The molecule has 1 saturated heterocycles. The molecule has 0 spiro atoms. The Morgan fingerprint density at radius 1 is 1.85 bits per heavy atom. The Morgan fingerprint density at radius 2 is 2.54 bits per heavy atom. The second kappa shape index (κ2) is 4.28. The first-order valence-electron chi connectivity index (χ1n) is 3.99. The average molecular weight is 198 g/mol. The van der Waals surface area contributed by atoms with Gasteiger partial charge in [-0.2, -0.15) is 5.26 Å². The molecule has 1 unspecified atom stereocenters. The largest absolute Gasteiger partial charge is 0.340 e. The van der Waals surface area contributed by atoms with Crippen LogP contribution in [0.15, 0.2) is 0 Å². The van der Waals surface area contributed by atoms with Crippen LogP contribution < -0.4 is 5.32 Å². The smallest absolute Gasteiger partial charge is 0.225 e. The molecular formula is C8H10N2O2S. The maximum Gasteiger partial charge on any atom is 0.225 e. The fourth-order valence-electron chi connectivity index (χ4n) is 1.04. The predicted octanol–water partition coefficient (Wildman–Crippen LogP) is 0.294. The van der Waals surface area contributed by atoms with Gasteiger partial charge in [0.05, 0.1) is 12.0 Å². The van der Waals surface area contributed by atoms with Crippen molar-refractivity contribution in [1.82, 2.24) is 5.32 Å². The van der Waals surface area contributed by atoms with Crippen molar-refractivity contribution in [3.05, 3.63) is 0 Å². The summed E-state index contributed by atoms with van der Waals surface area (Å²) < 4.78 is 0. The van der Waals surface area contributed by atoms with Gasteiger partial charge in [-0.15, -0.1) is 0 Å². The predicted molar refractivity (Wildman–Crippen MR) is 48.8 cm³/mol. The molecule has 0 saturated carbocycles. The van der Waals surface area contributed by atoms with Gasteiger partial charge < -0.3 is 5.32 Å². The highest BCUT2D eigenvalue weighted by Gasteiger charge is 2.29. The van der Waals surface area contributed by atoms with Gasteiger partial charge in [0.25, 0.3) is 0 Å². The van der Waals surface area contributed by atoms with Crippen LogP contribution in [0, 0.1) is 17.2 Å². The van der Waals surface area contributed by atoms with Crippen LogP contribution in [0.25, 0.3) is 0 Å². The monoisotopic (exact) mass is 198 g/mol. The lowest BCUT2D eigenvalue weighted by molar-refractivity contribution is -0.126. The molecule has 0 aromatic carbocycles. The molecule has 13 heavy (non-hydrogen) atoms. The molecule has 0 aromatic heterocycles. The van der Waals surface area contributed by atoms with Gasteiger partial charge in [0.2, 0.25) is 5.91 Å². The third-order valence-corrected chi connectivity index (χ3v) is 2.84. The zero-order valence-corrected chi connectivity index (χ0v) is 8.06. The van der Waals surface area contributed by atoms with E-state index >= 15 is 0 Å². The number of carbonyl (C=O) groups excluding carboxylic acids is 2. The maximum absolute atomic E-state index is 11.3. The summed E-state index contributed by atoms with van der Waals surface area (Å²) in [6, 6.07) is 1.43. The van der Waals surface area contributed by atoms with E-state index in [1.165, 1.54) is 11.8 Å². The van der Waals surface area contributed by atoms with Crippen LogP contribution in [0.5, 0.6) is 0 Å². The number of amides is 1. The summed E-state index contributed by atoms with van der Waals surface area (Å²) >= 11 is 1.19. The minimum absolute atomic E-state index is 0.0600. The van der Waals surface area contributed by atoms with E-state index in [-0.39, 0.29) is 16.9 Å². The van der Waals surface area contributed by atoms with E-state index in [1.807, 2.05) is 6.07 Å². The number of hydrogen-bond acceptors (Lipinski definition) is 4. The number of hydrogen-bond donors (Lipinski definition) is 1. The topological polar surface area (TPSA) is 70.0 Å². The Balaban J connectivity index is 2.41. The van der Waals surface area contributed by atoms with Gasteiger partial charge in [-0.3, -0.25) is 9.59 Å². The first-order chi connectivity index (χ1) is 6.13. The second-order valence-corrected chi connectivity index (χ2v) is 4.02. The zero-order chi connectivity index (χ0) is 9.84. The fraction of sp³-hybridized carbons (Fsp3) is 0.625. The molecule has 0 bridgehead atoms. The van der Waals surface area contributed by atoms with E-state index in [2.05, 4.69) is 5.32 Å². The van der Waals surface area contributed by atoms with Gasteiger partial charge in [-0.1, -0.05) is 11.8 Å². The second-order valence-electron chi connectivity index (χ2n) is 2.94. The van der Waals surface area contributed by atoms with E-state index in [0.29, 0.717) is 12.2 Å². The van der Waals surface area contributed by atoms with E-state index < -0.39 is 6.04 Å². The molecule has 1 rings (SSSR count). The minimum Gasteiger partial charge on any atom is -0.340 e. The van der Waals surface area contributed by atoms with Crippen LogP contribution in [0.1, 0.15) is 13.3 Å². The van der Waals surface area contributed by atoms with Crippen LogP contribution >= 0.6 is 11.8 Å². The highest BCUT2D eigenvalue weighted by molar-refractivity contribution is 8.14. The van der Waals surface area contributed by atoms with Gasteiger partial charge in [0.1, 0.15) is 6.04 Å². The molecule has 0 radical (unpaired) electrons. The number of nitrogens with zero attached hydrogens (tertiary/aromatic N) is 1. The lowest BCUT2D eigenvalue weighted by atomic mass is 10.1. The quantitative estimate of drug-likeness (QED) is 0.692. The third kappa shape index (κ3) is 2.74. The molecule has 1 N–H and O–H groups in total. The molecule has 4 nitrogen and oxygen atoms in total. The number of thioether (sulfide) groups is 1. The number of carbonyl (C=O) groups is 2. The van der Waals surface area contributed by atoms with E-state index in [1.54, 1.807) is 6.92 Å². The van der Waals surface area contributed by atoms with Gasteiger partial charge in [0.15, 0.2) is 5.12 Å². The van der Waals surface area contributed by atoms with Crippen molar-refractivity contribution in [1.29, 1.82) is 5.26 Å². The molecule has 5 heteroatoms. The first kappa shape index (κ1) is 10.1. The van der Waals surface area contributed by atoms with Crippen LogP contribution in [-0.4, -0.2) is 22.8 Å². The molecule has 1 amide bonds. The number of nitriles is 1. The summed E-state index contributed by atoms with van der Waals surface area (Å²) in [6.07, 6.45) is 0.300. The molecule has 70 valence electrons. The molecule has 1 fully saturated rings. The van der Waals surface area contributed by atoms with Crippen molar-refractivity contribution in [3.8, 4) is 6.07 Å². The highest BCUT2D eigenvalue weighted by Crippen LogP contribution is 2.25. The molecule has 0 aliphatic carbocycles. The molecule has 1 aliphatic heterocycles. The SMILES string of the molecule is C[C@@H](C#N)NC(=O)C1CSC(=O)C1. The Labute approximate surface area is 80.7 Å². The van der Waals surface area contributed by atoms with Crippen molar-refractivity contribution in [2.45, 2.75) is 19.4 Å². The molecular weight excluding hydrogens is 188 g/mol. The summed E-state index contributed by atoms with van der Waals surface area (Å²) in [6.45, 7) is 1.61. The summed E-state index contributed by atoms with van der Waals surface area (Å²) in [4.78, 5) is 22.2. The van der Waals surface area contributed by atoms with Crippen molar-refractivity contribution in [2.75, 3.05) is 5.75 Å². The van der Waals surface area contributed by atoms with Crippen molar-refractivity contribution in [2.24, 2.45) is 5.92 Å². The van der Waals surface area contributed by atoms with Crippen molar-refractivity contribution in [3.63, 3.8) is 0 Å². The van der Waals surface area contributed by atoms with Gasteiger partial charge >= 0.3 is 0 Å². The van der Waals surface area contributed by atoms with E-state index in [4.69, 9.17) is 5.26 Å².